The monoisotopic (exact) mass is 273 g/mol. The lowest BCUT2D eigenvalue weighted by atomic mass is 9.88. The fourth-order valence-electron chi connectivity index (χ4n) is 1.48. The number of nitrogens with one attached hydrogen (secondary N) is 1. The highest BCUT2D eigenvalue weighted by molar-refractivity contribution is 7.90. The molecule has 1 N–H and O–H groups in total. The minimum Gasteiger partial charge on any atom is -0.300 e. The average Bonchev–Trinajstić information content (AvgIpc) is 2.16. The molecule has 1 amide bonds. The van der Waals surface area contributed by atoms with Gasteiger partial charge in [-0.2, -0.15) is 21.6 Å². The van der Waals surface area contributed by atoms with E-state index in [1.54, 1.807) is 0 Å². The van der Waals surface area contributed by atoms with Crippen LogP contribution in [0.15, 0.2) is 0 Å². The number of hydrogen-bond donors (Lipinski definition) is 1. The van der Waals surface area contributed by atoms with Crippen molar-refractivity contribution in [3.05, 3.63) is 0 Å². The van der Waals surface area contributed by atoms with Crippen molar-refractivity contribution >= 4 is 21.7 Å². The number of hydrogen-bond acceptors (Lipinski definition) is 4. The summed E-state index contributed by atoms with van der Waals surface area (Å²) in [5.74, 6) is -2.13. The Morgan fingerprint density at radius 3 is 2.12 bits per heavy atom. The average molecular weight is 273 g/mol. The van der Waals surface area contributed by atoms with Crippen LogP contribution < -0.4 is 4.72 Å². The zero-order valence-corrected chi connectivity index (χ0v) is 9.40. The molecule has 5 nitrogen and oxygen atoms in total. The second-order valence-electron chi connectivity index (χ2n) is 3.73. The highest BCUT2D eigenvalue weighted by atomic mass is 32.2. The summed E-state index contributed by atoms with van der Waals surface area (Å²) >= 11 is 0. The molecule has 0 heterocycles. The van der Waals surface area contributed by atoms with Gasteiger partial charge in [0.15, 0.2) is 0 Å². The summed E-state index contributed by atoms with van der Waals surface area (Å²) in [5, 5.41) is 0. The third-order valence-electron chi connectivity index (χ3n) is 2.45. The molecule has 0 aromatic rings. The van der Waals surface area contributed by atoms with Crippen molar-refractivity contribution in [2.45, 2.75) is 31.2 Å². The molecule has 1 aliphatic rings. The largest absolute Gasteiger partial charge is 0.516 e. The Kier molecular flexibility index (Phi) is 3.80. The van der Waals surface area contributed by atoms with Crippen molar-refractivity contribution in [3.63, 3.8) is 0 Å². The molecular weight excluding hydrogens is 263 g/mol. The van der Waals surface area contributed by atoms with Crippen molar-refractivity contribution < 1.29 is 31.2 Å². The molecule has 98 valence electrons. The van der Waals surface area contributed by atoms with Crippen molar-refractivity contribution in [3.8, 4) is 0 Å². The Balaban J connectivity index is 2.65. The minimum atomic E-state index is -5.64. The number of Topliss-reactive ketones (excluding diaryl/α,β-unsaturated/α-hetero) is 1. The number of carbonyl (C=O) groups is 2. The molecule has 0 aromatic heterocycles. The Morgan fingerprint density at radius 2 is 1.71 bits per heavy atom. The van der Waals surface area contributed by atoms with E-state index in [-0.39, 0.29) is 31.5 Å². The van der Waals surface area contributed by atoms with Crippen molar-refractivity contribution in [1.29, 1.82) is 0 Å². The predicted molar refractivity (Wildman–Crippen MR) is 50.1 cm³/mol. The standard InChI is InChI=1S/C8H10F3NO4S/c9-8(10,11)17(15,16)12-7(14)5-1-3-6(13)4-2-5/h5H,1-4H2,(H,12,14). The van der Waals surface area contributed by atoms with Gasteiger partial charge in [-0.25, -0.2) is 4.72 Å². The molecule has 1 aliphatic carbocycles. The van der Waals surface area contributed by atoms with Crippen LogP contribution in [0.1, 0.15) is 25.7 Å². The van der Waals surface area contributed by atoms with Crippen LogP contribution in [0.25, 0.3) is 0 Å². The fourth-order valence-corrected chi connectivity index (χ4v) is 2.02. The lowest BCUT2D eigenvalue weighted by molar-refractivity contribution is -0.127. The summed E-state index contributed by atoms with van der Waals surface area (Å²) in [7, 11) is -5.64. The molecular formula is C8H10F3NO4S. The Labute approximate surface area is 95.4 Å². The Hall–Kier alpha value is -1.12. The van der Waals surface area contributed by atoms with Gasteiger partial charge in [0.25, 0.3) is 0 Å². The van der Waals surface area contributed by atoms with Crippen LogP contribution in [0.3, 0.4) is 0 Å². The van der Waals surface area contributed by atoms with Gasteiger partial charge in [0.1, 0.15) is 5.78 Å². The summed E-state index contributed by atoms with van der Waals surface area (Å²) in [6.07, 6.45) is 0.338. The summed E-state index contributed by atoms with van der Waals surface area (Å²) in [6, 6.07) is 0. The van der Waals surface area contributed by atoms with Crippen LogP contribution in [-0.4, -0.2) is 25.6 Å². The molecule has 0 saturated heterocycles. The summed E-state index contributed by atoms with van der Waals surface area (Å²) in [4.78, 5) is 22.1. The number of halogens is 3. The summed E-state index contributed by atoms with van der Waals surface area (Å²) in [5.41, 5.74) is -5.51. The Morgan fingerprint density at radius 1 is 1.24 bits per heavy atom. The number of sulfonamides is 1. The highest BCUT2D eigenvalue weighted by Gasteiger charge is 2.47. The van der Waals surface area contributed by atoms with E-state index < -0.39 is 27.4 Å². The molecule has 0 spiro atoms. The molecule has 1 saturated carbocycles. The molecule has 17 heavy (non-hydrogen) atoms. The third kappa shape index (κ3) is 3.42. The molecule has 0 aromatic carbocycles. The summed E-state index contributed by atoms with van der Waals surface area (Å²) < 4.78 is 58.2. The Bertz CT molecular complexity index is 419. The highest BCUT2D eigenvalue weighted by Crippen LogP contribution is 2.25. The maximum atomic E-state index is 12.0. The number of rotatable bonds is 2. The maximum absolute atomic E-state index is 12.0. The van der Waals surface area contributed by atoms with Gasteiger partial charge >= 0.3 is 15.5 Å². The molecule has 1 rings (SSSR count). The number of amides is 1. The van der Waals surface area contributed by atoms with E-state index in [9.17, 15) is 31.2 Å². The van der Waals surface area contributed by atoms with Gasteiger partial charge in [-0.05, 0) is 12.8 Å². The van der Waals surface area contributed by atoms with Gasteiger partial charge in [-0.1, -0.05) is 0 Å². The molecule has 1 fully saturated rings. The van der Waals surface area contributed by atoms with Gasteiger partial charge < -0.3 is 0 Å². The van der Waals surface area contributed by atoms with Crippen LogP contribution >= 0.6 is 0 Å². The number of carbonyl (C=O) groups excluding carboxylic acids is 2. The molecule has 9 heteroatoms. The molecule has 0 bridgehead atoms. The normalized spacial score (nSPS) is 19.1. The van der Waals surface area contributed by atoms with Crippen molar-refractivity contribution in [2.75, 3.05) is 0 Å². The van der Waals surface area contributed by atoms with E-state index in [4.69, 9.17) is 0 Å². The van der Waals surface area contributed by atoms with Gasteiger partial charge in [0.2, 0.25) is 5.91 Å². The third-order valence-corrected chi connectivity index (χ3v) is 3.53. The molecule has 0 radical (unpaired) electrons. The van der Waals surface area contributed by atoms with Gasteiger partial charge in [0.05, 0.1) is 0 Å². The van der Waals surface area contributed by atoms with Gasteiger partial charge in [0, 0.05) is 18.8 Å². The van der Waals surface area contributed by atoms with E-state index in [2.05, 4.69) is 0 Å². The van der Waals surface area contributed by atoms with Crippen molar-refractivity contribution in [1.82, 2.24) is 4.72 Å². The van der Waals surface area contributed by atoms with E-state index >= 15 is 0 Å². The zero-order valence-electron chi connectivity index (χ0n) is 8.58. The van der Waals surface area contributed by atoms with E-state index in [1.165, 1.54) is 0 Å². The first-order chi connectivity index (χ1) is 7.63. The van der Waals surface area contributed by atoms with Crippen LogP contribution in [0.5, 0.6) is 0 Å². The SMILES string of the molecule is O=C1CCC(C(=O)NS(=O)(=O)C(F)(F)F)CC1. The fraction of sp³-hybridized carbons (Fsp3) is 0.750. The number of alkyl halides is 3. The first kappa shape index (κ1) is 13.9. The first-order valence-electron chi connectivity index (χ1n) is 4.78. The van der Waals surface area contributed by atoms with E-state index in [0.29, 0.717) is 0 Å². The van der Waals surface area contributed by atoms with Crippen LogP contribution in [0, 0.1) is 5.92 Å². The van der Waals surface area contributed by atoms with Crippen LogP contribution in [-0.2, 0) is 19.6 Å². The predicted octanol–water partition coefficient (Wildman–Crippen LogP) is 0.712. The second-order valence-corrected chi connectivity index (χ2v) is 5.40. The van der Waals surface area contributed by atoms with Crippen molar-refractivity contribution in [2.24, 2.45) is 5.92 Å². The topological polar surface area (TPSA) is 80.3 Å². The van der Waals surface area contributed by atoms with Gasteiger partial charge in [-0.3, -0.25) is 9.59 Å². The number of ketones is 1. The van der Waals surface area contributed by atoms with E-state index in [1.807, 2.05) is 0 Å². The van der Waals surface area contributed by atoms with E-state index in [0.717, 1.165) is 4.72 Å². The lowest BCUT2D eigenvalue weighted by Crippen LogP contribution is -2.43. The first-order valence-corrected chi connectivity index (χ1v) is 6.26. The zero-order chi connectivity index (χ0) is 13.3. The van der Waals surface area contributed by atoms with Crippen LogP contribution in [0.2, 0.25) is 0 Å². The molecule has 0 atom stereocenters. The molecule has 0 aliphatic heterocycles. The van der Waals surface area contributed by atoms with Gasteiger partial charge in [-0.15, -0.1) is 0 Å². The van der Waals surface area contributed by atoms with Crippen LogP contribution in [0.4, 0.5) is 13.2 Å². The summed E-state index contributed by atoms with van der Waals surface area (Å²) in [6.45, 7) is 0. The smallest absolute Gasteiger partial charge is 0.300 e. The quantitative estimate of drug-likeness (QED) is 0.803. The minimum absolute atomic E-state index is 0.0762. The molecule has 0 unspecified atom stereocenters. The maximum Gasteiger partial charge on any atom is 0.516 e. The second kappa shape index (κ2) is 4.63. The lowest BCUT2D eigenvalue weighted by Gasteiger charge is -2.20.